The molecule has 1 unspecified atom stereocenters. The summed E-state index contributed by atoms with van der Waals surface area (Å²) in [6.45, 7) is 0.535. The maximum absolute atomic E-state index is 13.7. The lowest BCUT2D eigenvalue weighted by atomic mass is 10.2. The molecule has 1 aromatic carbocycles. The first-order valence-corrected chi connectivity index (χ1v) is 6.48. The maximum Gasteiger partial charge on any atom is 0.303 e. The molecule has 0 spiro atoms. The molecule has 8 heteroatoms. The maximum atomic E-state index is 13.7. The van der Waals surface area contributed by atoms with Crippen LogP contribution in [0.5, 0.6) is 0 Å². The largest absolute Gasteiger partial charge is 0.456 e. The van der Waals surface area contributed by atoms with Crippen LogP contribution in [-0.4, -0.2) is 24.6 Å². The zero-order valence-electron chi connectivity index (χ0n) is 9.88. The molecule has 1 aliphatic heterocycles. The number of benzene rings is 1. The van der Waals surface area contributed by atoms with Crippen LogP contribution in [0.1, 0.15) is 6.92 Å². The Bertz CT molecular complexity index is 536. The molecule has 3 N–H and O–H groups in total. The fourth-order valence-corrected chi connectivity index (χ4v) is 1.87. The first-order chi connectivity index (χ1) is 8.79. The van der Waals surface area contributed by atoms with Gasteiger partial charge in [-0.05, 0) is 41.6 Å². The van der Waals surface area contributed by atoms with Crippen molar-refractivity contribution in [3.63, 3.8) is 0 Å². The molecule has 1 aliphatic rings. The second kappa shape index (κ2) is 5.06. The van der Waals surface area contributed by atoms with Gasteiger partial charge in [-0.25, -0.2) is 18.2 Å². The Balaban J connectivity index is 2.19. The number of aliphatic imine (C=N–C) groups is 1. The highest BCUT2D eigenvalue weighted by Gasteiger charge is 2.41. The van der Waals surface area contributed by atoms with Gasteiger partial charge in [0.1, 0.15) is 12.4 Å². The number of rotatable bonds is 1. The molecule has 0 bridgehead atoms. The average Bonchev–Trinajstić information content (AvgIpc) is 2.31. The van der Waals surface area contributed by atoms with Crippen LogP contribution in [-0.2, 0) is 4.74 Å². The van der Waals surface area contributed by atoms with Crippen LogP contribution in [0.25, 0.3) is 0 Å². The van der Waals surface area contributed by atoms with E-state index in [1.54, 1.807) is 0 Å². The standard InChI is InChI=1S/C11H11F3IN3O/c1-5-11(13,14)4-17-10(19-5)18-9-3-8(16)7(15)2-6(9)12/h2-3,5H,4,16H2,1H3,(H,17,18). The lowest BCUT2D eigenvalue weighted by Crippen LogP contribution is -2.43. The molecule has 0 aromatic heterocycles. The minimum Gasteiger partial charge on any atom is -0.456 e. The van der Waals surface area contributed by atoms with Gasteiger partial charge in [-0.2, -0.15) is 0 Å². The second-order valence-corrected chi connectivity index (χ2v) is 5.28. The molecular formula is C11H11F3IN3O. The van der Waals surface area contributed by atoms with E-state index in [0.29, 0.717) is 9.26 Å². The van der Waals surface area contributed by atoms with Gasteiger partial charge in [-0.15, -0.1) is 0 Å². The Morgan fingerprint density at radius 1 is 1.53 bits per heavy atom. The van der Waals surface area contributed by atoms with Crippen molar-refractivity contribution in [1.82, 2.24) is 0 Å². The third-order valence-corrected chi connectivity index (χ3v) is 3.58. The molecule has 104 valence electrons. The Morgan fingerprint density at radius 2 is 2.21 bits per heavy atom. The molecule has 1 heterocycles. The Kier molecular flexibility index (Phi) is 3.79. The zero-order chi connectivity index (χ0) is 14.2. The Morgan fingerprint density at radius 3 is 2.84 bits per heavy atom. The predicted octanol–water partition coefficient (Wildman–Crippen LogP) is 2.83. The number of hydrogen-bond acceptors (Lipinski definition) is 4. The smallest absolute Gasteiger partial charge is 0.303 e. The molecule has 0 aliphatic carbocycles. The van der Waals surface area contributed by atoms with E-state index in [2.05, 4.69) is 10.3 Å². The third-order valence-electron chi connectivity index (χ3n) is 2.64. The quantitative estimate of drug-likeness (QED) is 0.578. The molecule has 0 fully saturated rings. The predicted molar refractivity (Wildman–Crippen MR) is 74.9 cm³/mol. The minimum atomic E-state index is -3.02. The molecule has 0 saturated heterocycles. The van der Waals surface area contributed by atoms with Crippen molar-refractivity contribution in [2.45, 2.75) is 19.0 Å². The fraction of sp³-hybridized carbons (Fsp3) is 0.364. The van der Waals surface area contributed by atoms with Crippen molar-refractivity contribution in [3.8, 4) is 0 Å². The van der Waals surface area contributed by atoms with Gasteiger partial charge in [0.15, 0.2) is 6.10 Å². The number of amidine groups is 1. The van der Waals surface area contributed by atoms with Crippen molar-refractivity contribution in [3.05, 3.63) is 21.5 Å². The lowest BCUT2D eigenvalue weighted by Gasteiger charge is -2.28. The first-order valence-electron chi connectivity index (χ1n) is 5.40. The van der Waals surface area contributed by atoms with Crippen molar-refractivity contribution in [2.75, 3.05) is 17.6 Å². The summed E-state index contributed by atoms with van der Waals surface area (Å²) in [4.78, 5) is 3.55. The molecule has 1 atom stereocenters. The SMILES string of the molecule is CC1OC(Nc2cc(N)c(I)cc2F)=NCC1(F)F. The number of nitrogen functional groups attached to an aromatic ring is 1. The molecule has 0 amide bonds. The number of nitrogens with one attached hydrogen (secondary N) is 1. The molecule has 0 saturated carbocycles. The van der Waals surface area contributed by atoms with Crippen LogP contribution in [0.3, 0.4) is 0 Å². The number of nitrogens with zero attached hydrogens (tertiary/aromatic N) is 1. The average molecular weight is 385 g/mol. The van der Waals surface area contributed by atoms with Crippen LogP contribution in [0.2, 0.25) is 0 Å². The van der Waals surface area contributed by atoms with Crippen LogP contribution >= 0.6 is 22.6 Å². The Labute approximate surface area is 121 Å². The van der Waals surface area contributed by atoms with E-state index < -0.39 is 24.4 Å². The van der Waals surface area contributed by atoms with Crippen LogP contribution < -0.4 is 11.1 Å². The molecule has 0 radical (unpaired) electrons. The summed E-state index contributed by atoms with van der Waals surface area (Å²) < 4.78 is 45.4. The summed E-state index contributed by atoms with van der Waals surface area (Å²) >= 11 is 1.89. The van der Waals surface area contributed by atoms with Gasteiger partial charge >= 0.3 is 5.92 Å². The summed E-state index contributed by atoms with van der Waals surface area (Å²) in [6, 6.07) is 2.46. The molecule has 1 aromatic rings. The van der Waals surface area contributed by atoms with Crippen molar-refractivity contribution in [1.29, 1.82) is 0 Å². The van der Waals surface area contributed by atoms with Gasteiger partial charge in [0.25, 0.3) is 6.02 Å². The highest BCUT2D eigenvalue weighted by atomic mass is 127. The highest BCUT2D eigenvalue weighted by molar-refractivity contribution is 14.1. The summed E-state index contributed by atoms with van der Waals surface area (Å²) in [5.41, 5.74) is 6.06. The number of nitrogens with two attached hydrogens (primary N) is 1. The summed E-state index contributed by atoms with van der Waals surface area (Å²) in [6.07, 6.45) is -1.32. The van der Waals surface area contributed by atoms with Crippen molar-refractivity contribution >= 4 is 40.0 Å². The van der Waals surface area contributed by atoms with Gasteiger partial charge in [-0.3, -0.25) is 0 Å². The number of anilines is 2. The topological polar surface area (TPSA) is 59.6 Å². The van der Waals surface area contributed by atoms with Gasteiger partial charge in [0.05, 0.1) is 5.69 Å². The lowest BCUT2D eigenvalue weighted by molar-refractivity contribution is -0.0943. The second-order valence-electron chi connectivity index (χ2n) is 4.12. The van der Waals surface area contributed by atoms with Crippen molar-refractivity contribution < 1.29 is 17.9 Å². The van der Waals surface area contributed by atoms with Gasteiger partial charge in [0.2, 0.25) is 0 Å². The third kappa shape index (κ3) is 3.04. The molecule has 2 rings (SSSR count). The minimum absolute atomic E-state index is 0.0362. The number of ether oxygens (including phenoxy) is 1. The van der Waals surface area contributed by atoms with E-state index in [1.807, 2.05) is 22.6 Å². The van der Waals surface area contributed by atoms with Gasteiger partial charge < -0.3 is 15.8 Å². The van der Waals surface area contributed by atoms with Gasteiger partial charge in [-0.1, -0.05) is 0 Å². The van der Waals surface area contributed by atoms with Crippen molar-refractivity contribution in [2.24, 2.45) is 4.99 Å². The van der Waals surface area contributed by atoms with Crippen LogP contribution in [0.4, 0.5) is 24.5 Å². The zero-order valence-corrected chi connectivity index (χ0v) is 12.0. The summed E-state index contributed by atoms with van der Waals surface area (Å²) in [7, 11) is 0. The van der Waals surface area contributed by atoms with E-state index in [0.717, 1.165) is 0 Å². The fourth-order valence-electron chi connectivity index (χ4n) is 1.44. The van der Waals surface area contributed by atoms with Gasteiger partial charge in [0, 0.05) is 9.26 Å². The number of halogens is 4. The normalized spacial score (nSPS) is 21.5. The van der Waals surface area contributed by atoms with E-state index in [1.165, 1.54) is 19.1 Å². The summed E-state index contributed by atoms with van der Waals surface area (Å²) in [5, 5.41) is 2.52. The molecular weight excluding hydrogens is 374 g/mol. The monoisotopic (exact) mass is 385 g/mol. The highest BCUT2D eigenvalue weighted by Crippen LogP contribution is 2.27. The van der Waals surface area contributed by atoms with E-state index in [-0.39, 0.29) is 11.7 Å². The van der Waals surface area contributed by atoms with E-state index in [9.17, 15) is 13.2 Å². The van der Waals surface area contributed by atoms with E-state index >= 15 is 0 Å². The Hall–Kier alpha value is -1.19. The summed E-state index contributed by atoms with van der Waals surface area (Å²) in [5.74, 6) is -3.58. The molecule has 19 heavy (non-hydrogen) atoms. The van der Waals surface area contributed by atoms with Crippen LogP contribution in [0.15, 0.2) is 17.1 Å². The number of alkyl halides is 2. The van der Waals surface area contributed by atoms with E-state index in [4.69, 9.17) is 10.5 Å². The first kappa shape index (κ1) is 14.2. The van der Waals surface area contributed by atoms with Crippen LogP contribution in [0, 0.1) is 9.39 Å². The molecule has 4 nitrogen and oxygen atoms in total. The number of hydrogen-bond donors (Lipinski definition) is 2.